The Hall–Kier alpha value is -2.95. The summed E-state index contributed by atoms with van der Waals surface area (Å²) in [5.41, 5.74) is 1.57. The first-order valence-electron chi connectivity index (χ1n) is 7.25. The highest BCUT2D eigenvalue weighted by molar-refractivity contribution is 6.14. The van der Waals surface area contributed by atoms with Crippen LogP contribution in [0.1, 0.15) is 22.8 Å². The van der Waals surface area contributed by atoms with Crippen LogP contribution < -0.4 is 9.47 Å². The minimum absolute atomic E-state index is 0.123. The van der Waals surface area contributed by atoms with Gasteiger partial charge in [-0.2, -0.15) is 0 Å². The Labute approximate surface area is 133 Å². The maximum absolute atomic E-state index is 12.5. The number of aromatic hydroxyl groups is 2. The lowest BCUT2D eigenvalue weighted by Crippen LogP contribution is -2.19. The molecule has 5 nitrogen and oxygen atoms in total. The average molecular weight is 312 g/mol. The van der Waals surface area contributed by atoms with Crippen molar-refractivity contribution < 1.29 is 24.5 Å². The normalized spacial score (nSPS) is 15.2. The van der Waals surface area contributed by atoms with E-state index in [1.165, 1.54) is 12.1 Å². The first-order valence-corrected chi connectivity index (χ1v) is 7.25. The first kappa shape index (κ1) is 15.0. The van der Waals surface area contributed by atoms with Crippen molar-refractivity contribution in [3.05, 3.63) is 53.1 Å². The van der Waals surface area contributed by atoms with Crippen molar-refractivity contribution in [2.45, 2.75) is 6.92 Å². The number of phenols is 2. The summed E-state index contributed by atoms with van der Waals surface area (Å²) in [6.07, 6.45) is 1.64. The summed E-state index contributed by atoms with van der Waals surface area (Å²) in [5, 5.41) is 18.9. The van der Waals surface area contributed by atoms with E-state index in [1.807, 2.05) is 6.92 Å². The van der Waals surface area contributed by atoms with Gasteiger partial charge in [-0.05, 0) is 42.8 Å². The third-order valence-corrected chi connectivity index (χ3v) is 3.52. The van der Waals surface area contributed by atoms with Crippen LogP contribution in [-0.2, 0) is 0 Å². The number of hydrogen-bond acceptors (Lipinski definition) is 5. The van der Waals surface area contributed by atoms with Crippen molar-refractivity contribution in [1.82, 2.24) is 0 Å². The van der Waals surface area contributed by atoms with Gasteiger partial charge in [0.2, 0.25) is 0 Å². The number of rotatable bonds is 3. The predicted molar refractivity (Wildman–Crippen MR) is 85.2 cm³/mol. The van der Waals surface area contributed by atoms with E-state index in [9.17, 15) is 15.0 Å². The lowest BCUT2D eigenvalue weighted by Gasteiger charge is -2.19. The van der Waals surface area contributed by atoms with Crippen LogP contribution in [0.15, 0.2) is 42.0 Å². The van der Waals surface area contributed by atoms with Crippen molar-refractivity contribution in [3.63, 3.8) is 0 Å². The van der Waals surface area contributed by atoms with Crippen LogP contribution >= 0.6 is 0 Å². The summed E-state index contributed by atoms with van der Waals surface area (Å²) in [7, 11) is 0. The molecule has 23 heavy (non-hydrogen) atoms. The molecule has 0 bridgehead atoms. The Balaban J connectivity index is 1.91. The second-order valence-electron chi connectivity index (χ2n) is 5.13. The molecule has 0 unspecified atom stereocenters. The fourth-order valence-corrected chi connectivity index (χ4v) is 2.40. The Kier molecular flexibility index (Phi) is 3.93. The van der Waals surface area contributed by atoms with Crippen LogP contribution in [0, 0.1) is 0 Å². The molecule has 2 aromatic rings. The van der Waals surface area contributed by atoms with Gasteiger partial charge in [-0.3, -0.25) is 4.79 Å². The second-order valence-corrected chi connectivity index (χ2v) is 5.13. The van der Waals surface area contributed by atoms with Crippen LogP contribution in [0.3, 0.4) is 0 Å². The SMILES string of the molecule is CCOc1ccc2c(c1)OC/C(=C\c1ccc(O)c(O)c1)C2=O. The maximum atomic E-state index is 12.5. The van der Waals surface area contributed by atoms with Crippen LogP contribution in [0.4, 0.5) is 0 Å². The summed E-state index contributed by atoms with van der Waals surface area (Å²) < 4.78 is 11.0. The number of Topliss-reactive ketones (excluding diaryl/α,β-unsaturated/α-hetero) is 1. The topological polar surface area (TPSA) is 76.0 Å². The molecule has 1 heterocycles. The van der Waals surface area contributed by atoms with Crippen molar-refractivity contribution >= 4 is 11.9 Å². The standard InChI is InChI=1S/C18H16O5/c1-2-22-13-4-5-14-17(9-13)23-10-12(18(14)21)7-11-3-6-15(19)16(20)8-11/h3-9,19-20H,2,10H2,1H3/b12-7+. The van der Waals surface area contributed by atoms with Gasteiger partial charge in [0.25, 0.3) is 0 Å². The van der Waals surface area contributed by atoms with Gasteiger partial charge < -0.3 is 19.7 Å². The van der Waals surface area contributed by atoms with E-state index in [0.717, 1.165) is 0 Å². The first-order chi connectivity index (χ1) is 11.1. The molecule has 118 valence electrons. The van der Waals surface area contributed by atoms with Crippen molar-refractivity contribution in [2.24, 2.45) is 0 Å². The fraction of sp³-hybridized carbons (Fsp3) is 0.167. The van der Waals surface area contributed by atoms with Gasteiger partial charge >= 0.3 is 0 Å². The van der Waals surface area contributed by atoms with Gasteiger partial charge in [0, 0.05) is 11.6 Å². The zero-order valence-corrected chi connectivity index (χ0v) is 12.6. The quantitative estimate of drug-likeness (QED) is 0.672. The molecule has 0 fully saturated rings. The number of ether oxygens (including phenoxy) is 2. The van der Waals surface area contributed by atoms with Crippen LogP contribution in [0.25, 0.3) is 6.08 Å². The zero-order chi connectivity index (χ0) is 16.4. The van der Waals surface area contributed by atoms with Crippen LogP contribution in [-0.4, -0.2) is 29.2 Å². The molecule has 0 aliphatic carbocycles. The molecule has 0 aromatic heterocycles. The molecular formula is C18H16O5. The Morgan fingerprint density at radius 3 is 2.74 bits per heavy atom. The smallest absolute Gasteiger partial charge is 0.196 e. The Morgan fingerprint density at radius 2 is 2.00 bits per heavy atom. The molecular weight excluding hydrogens is 296 g/mol. The molecule has 0 radical (unpaired) electrons. The van der Waals surface area contributed by atoms with E-state index in [2.05, 4.69) is 0 Å². The Bertz CT molecular complexity index is 792. The third kappa shape index (κ3) is 2.99. The van der Waals surface area contributed by atoms with Crippen molar-refractivity contribution in [3.8, 4) is 23.0 Å². The maximum Gasteiger partial charge on any atom is 0.196 e. The largest absolute Gasteiger partial charge is 0.504 e. The number of fused-ring (bicyclic) bond motifs is 1. The molecule has 0 spiro atoms. The molecule has 0 amide bonds. The minimum atomic E-state index is -0.231. The fourth-order valence-electron chi connectivity index (χ4n) is 2.40. The highest BCUT2D eigenvalue weighted by Crippen LogP contribution is 2.32. The molecule has 1 aliphatic rings. The van der Waals surface area contributed by atoms with Crippen LogP contribution in [0.2, 0.25) is 0 Å². The molecule has 2 N–H and O–H groups in total. The predicted octanol–water partition coefficient (Wildman–Crippen LogP) is 3.16. The van der Waals surface area contributed by atoms with Gasteiger partial charge in [0.05, 0.1) is 12.2 Å². The number of hydrogen-bond donors (Lipinski definition) is 2. The van der Waals surface area contributed by atoms with Gasteiger partial charge in [-0.1, -0.05) is 6.07 Å². The number of benzene rings is 2. The van der Waals surface area contributed by atoms with E-state index in [4.69, 9.17) is 9.47 Å². The zero-order valence-electron chi connectivity index (χ0n) is 12.6. The highest BCUT2D eigenvalue weighted by Gasteiger charge is 2.23. The van der Waals surface area contributed by atoms with Gasteiger partial charge in [-0.25, -0.2) is 0 Å². The van der Waals surface area contributed by atoms with Gasteiger partial charge in [0.15, 0.2) is 17.3 Å². The van der Waals surface area contributed by atoms with E-state index in [0.29, 0.717) is 34.8 Å². The molecule has 3 rings (SSSR count). The number of carbonyl (C=O) groups excluding carboxylic acids is 1. The lowest BCUT2D eigenvalue weighted by molar-refractivity contribution is 0.100. The second kappa shape index (κ2) is 6.04. The van der Waals surface area contributed by atoms with Crippen LogP contribution in [0.5, 0.6) is 23.0 Å². The van der Waals surface area contributed by atoms with Gasteiger partial charge in [-0.15, -0.1) is 0 Å². The third-order valence-electron chi connectivity index (χ3n) is 3.52. The number of ketones is 1. The van der Waals surface area contributed by atoms with Crippen molar-refractivity contribution in [1.29, 1.82) is 0 Å². The summed E-state index contributed by atoms with van der Waals surface area (Å²) in [4.78, 5) is 12.5. The van der Waals surface area contributed by atoms with Gasteiger partial charge in [0.1, 0.15) is 18.1 Å². The van der Waals surface area contributed by atoms with E-state index < -0.39 is 0 Å². The molecule has 0 atom stereocenters. The molecule has 0 saturated heterocycles. The van der Waals surface area contributed by atoms with E-state index in [1.54, 1.807) is 30.3 Å². The average Bonchev–Trinajstić information content (AvgIpc) is 2.54. The summed E-state index contributed by atoms with van der Waals surface area (Å²) in [6.45, 7) is 2.57. The lowest BCUT2D eigenvalue weighted by atomic mass is 9.98. The molecule has 5 heteroatoms. The molecule has 1 aliphatic heterocycles. The van der Waals surface area contributed by atoms with E-state index >= 15 is 0 Å². The summed E-state index contributed by atoms with van der Waals surface area (Å²) in [5.74, 6) is 0.612. The molecule has 0 saturated carbocycles. The number of phenolic OH excluding ortho intramolecular Hbond substituents is 2. The summed E-state index contributed by atoms with van der Waals surface area (Å²) >= 11 is 0. The highest BCUT2D eigenvalue weighted by atomic mass is 16.5. The summed E-state index contributed by atoms with van der Waals surface area (Å²) in [6, 6.07) is 9.51. The minimum Gasteiger partial charge on any atom is -0.504 e. The molecule has 2 aromatic carbocycles. The van der Waals surface area contributed by atoms with E-state index in [-0.39, 0.29) is 23.9 Å². The van der Waals surface area contributed by atoms with Crippen molar-refractivity contribution in [2.75, 3.05) is 13.2 Å². The Morgan fingerprint density at radius 1 is 1.17 bits per heavy atom. The monoisotopic (exact) mass is 312 g/mol. The number of carbonyl (C=O) groups is 1.